The number of amides is 1. The molecule has 1 amide bonds. The van der Waals surface area contributed by atoms with Gasteiger partial charge in [0.15, 0.2) is 0 Å². The minimum Gasteiger partial charge on any atom is -0.486 e. The molecule has 0 unspecified atom stereocenters. The molecule has 0 atom stereocenters. The molecular weight excluding hydrogens is 500 g/mol. The first kappa shape index (κ1) is 25.9. The molecule has 1 aliphatic heterocycles. The number of imidazole rings is 1. The molecule has 0 saturated carbocycles. The summed E-state index contributed by atoms with van der Waals surface area (Å²) in [5, 5.41) is 0. The maximum Gasteiger partial charge on any atom is 0.253 e. The molecule has 1 aromatic heterocycles. The van der Waals surface area contributed by atoms with Gasteiger partial charge in [0.2, 0.25) is 10.0 Å². The van der Waals surface area contributed by atoms with E-state index in [1.54, 1.807) is 12.1 Å². The third kappa shape index (κ3) is 5.44. The summed E-state index contributed by atoms with van der Waals surface area (Å²) in [7, 11) is -0.543. The Morgan fingerprint density at radius 2 is 1.61 bits per heavy atom. The van der Waals surface area contributed by atoms with Crippen LogP contribution in [0.3, 0.4) is 0 Å². The maximum absolute atomic E-state index is 13.1. The van der Waals surface area contributed by atoms with E-state index in [1.165, 1.54) is 26.2 Å². The second-order valence-electron chi connectivity index (χ2n) is 9.78. The van der Waals surface area contributed by atoms with Crippen LogP contribution in [0.4, 0.5) is 0 Å². The average molecular weight is 533 g/mol. The Bertz CT molecular complexity index is 1510. The van der Waals surface area contributed by atoms with E-state index in [1.807, 2.05) is 53.4 Å². The van der Waals surface area contributed by atoms with Crippen LogP contribution in [0.15, 0.2) is 83.8 Å². The van der Waals surface area contributed by atoms with Gasteiger partial charge in [-0.2, -0.15) is 0 Å². The Hall–Kier alpha value is -3.69. The van der Waals surface area contributed by atoms with Crippen LogP contribution in [0.1, 0.15) is 29.0 Å². The minimum atomic E-state index is -3.52. The Morgan fingerprint density at radius 3 is 2.29 bits per heavy atom. The summed E-state index contributed by atoms with van der Waals surface area (Å²) < 4.78 is 34.1. The second-order valence-corrected chi connectivity index (χ2v) is 11.9. The van der Waals surface area contributed by atoms with E-state index in [0.717, 1.165) is 46.3 Å². The predicted molar refractivity (Wildman–Crippen MR) is 146 cm³/mol. The molecule has 1 fully saturated rings. The van der Waals surface area contributed by atoms with Gasteiger partial charge in [-0.15, -0.1) is 0 Å². The smallest absolute Gasteiger partial charge is 0.253 e. The zero-order valence-corrected chi connectivity index (χ0v) is 22.5. The number of likely N-dealkylation sites (tertiary alicyclic amines) is 1. The number of carbonyl (C=O) groups excluding carboxylic acids is 1. The lowest BCUT2D eigenvalue weighted by Crippen LogP contribution is -2.39. The van der Waals surface area contributed by atoms with Gasteiger partial charge >= 0.3 is 0 Å². The molecule has 1 aliphatic rings. The van der Waals surface area contributed by atoms with Crippen molar-refractivity contribution >= 4 is 27.0 Å². The van der Waals surface area contributed by atoms with E-state index >= 15 is 0 Å². The number of piperidine rings is 1. The molecule has 3 aromatic carbocycles. The summed E-state index contributed by atoms with van der Waals surface area (Å²) in [5.74, 6) is 2.04. The number of benzene rings is 3. The molecule has 4 aromatic rings. The van der Waals surface area contributed by atoms with Gasteiger partial charge in [0, 0.05) is 39.3 Å². The van der Waals surface area contributed by atoms with E-state index in [9.17, 15) is 13.2 Å². The number of ether oxygens (including phenoxy) is 1. The van der Waals surface area contributed by atoms with Gasteiger partial charge in [0.1, 0.15) is 18.2 Å². The highest BCUT2D eigenvalue weighted by molar-refractivity contribution is 7.89. The number of carbonyl (C=O) groups is 1. The zero-order chi connectivity index (χ0) is 26.7. The fourth-order valence-electron chi connectivity index (χ4n) is 4.84. The van der Waals surface area contributed by atoms with Crippen LogP contribution in [-0.4, -0.2) is 60.3 Å². The number of fused-ring (bicyclic) bond motifs is 1. The highest BCUT2D eigenvalue weighted by Crippen LogP contribution is 2.26. The Morgan fingerprint density at radius 1 is 0.947 bits per heavy atom. The molecule has 9 heteroatoms. The van der Waals surface area contributed by atoms with Crippen molar-refractivity contribution in [3.63, 3.8) is 0 Å². The minimum absolute atomic E-state index is 0.0673. The number of nitrogens with zero attached hydrogens (tertiary/aromatic N) is 4. The molecular formula is C29H32N4O4S. The first-order valence-electron chi connectivity index (χ1n) is 12.8. The van der Waals surface area contributed by atoms with Crippen LogP contribution in [0.5, 0.6) is 5.75 Å². The third-order valence-electron chi connectivity index (χ3n) is 7.07. The normalized spacial score (nSPS) is 14.8. The summed E-state index contributed by atoms with van der Waals surface area (Å²) in [6.07, 6.45) is 1.76. The SMILES string of the molecule is CN(C)S(=O)(=O)c1ccc(C(=O)N2CCC(Cn3c(COc4ccccc4)nc4ccccc43)CC2)cc1. The van der Waals surface area contributed by atoms with Gasteiger partial charge in [-0.05, 0) is 67.3 Å². The monoisotopic (exact) mass is 532 g/mol. The van der Waals surface area contributed by atoms with Crippen LogP contribution < -0.4 is 4.74 Å². The number of hydrogen-bond acceptors (Lipinski definition) is 5. The van der Waals surface area contributed by atoms with Crippen molar-refractivity contribution in [2.24, 2.45) is 5.92 Å². The van der Waals surface area contributed by atoms with Crippen molar-refractivity contribution in [3.05, 3.63) is 90.3 Å². The van der Waals surface area contributed by atoms with Crippen LogP contribution in [0, 0.1) is 5.92 Å². The first-order chi connectivity index (χ1) is 18.3. The molecule has 8 nitrogen and oxygen atoms in total. The van der Waals surface area contributed by atoms with Gasteiger partial charge in [0.25, 0.3) is 5.91 Å². The molecule has 5 rings (SSSR count). The first-order valence-corrected chi connectivity index (χ1v) is 14.2. The summed E-state index contributed by atoms with van der Waals surface area (Å²) >= 11 is 0. The summed E-state index contributed by atoms with van der Waals surface area (Å²) in [6, 6.07) is 24.1. The summed E-state index contributed by atoms with van der Waals surface area (Å²) in [5.41, 5.74) is 2.54. The largest absolute Gasteiger partial charge is 0.486 e. The lowest BCUT2D eigenvalue weighted by molar-refractivity contribution is 0.0682. The van der Waals surface area contributed by atoms with E-state index in [-0.39, 0.29) is 10.8 Å². The lowest BCUT2D eigenvalue weighted by Gasteiger charge is -2.32. The van der Waals surface area contributed by atoms with Gasteiger partial charge in [0.05, 0.1) is 15.9 Å². The van der Waals surface area contributed by atoms with Crippen LogP contribution >= 0.6 is 0 Å². The van der Waals surface area contributed by atoms with Gasteiger partial charge in [-0.3, -0.25) is 4.79 Å². The van der Waals surface area contributed by atoms with E-state index in [0.29, 0.717) is 31.2 Å². The molecule has 0 spiro atoms. The molecule has 38 heavy (non-hydrogen) atoms. The highest BCUT2D eigenvalue weighted by atomic mass is 32.2. The predicted octanol–water partition coefficient (Wildman–Crippen LogP) is 4.42. The van der Waals surface area contributed by atoms with Crippen LogP contribution in [-0.2, 0) is 23.2 Å². The summed E-state index contributed by atoms with van der Waals surface area (Å²) in [4.78, 5) is 20.0. The average Bonchev–Trinajstić information content (AvgIpc) is 3.29. The fraction of sp³-hybridized carbons (Fsp3) is 0.310. The lowest BCUT2D eigenvalue weighted by atomic mass is 9.96. The van der Waals surface area contributed by atoms with Crippen molar-refractivity contribution in [3.8, 4) is 5.75 Å². The molecule has 0 N–H and O–H groups in total. The van der Waals surface area contributed by atoms with Crippen molar-refractivity contribution in [1.82, 2.24) is 18.8 Å². The van der Waals surface area contributed by atoms with Crippen molar-refractivity contribution in [2.45, 2.75) is 30.9 Å². The molecule has 0 radical (unpaired) electrons. The number of aromatic nitrogens is 2. The van der Waals surface area contributed by atoms with E-state index in [2.05, 4.69) is 10.6 Å². The Balaban J connectivity index is 1.24. The molecule has 0 bridgehead atoms. The maximum atomic E-state index is 13.1. The Labute approximate surface area is 223 Å². The Kier molecular flexibility index (Phi) is 7.49. The topological polar surface area (TPSA) is 84.7 Å². The van der Waals surface area contributed by atoms with Crippen molar-refractivity contribution < 1.29 is 17.9 Å². The third-order valence-corrected chi connectivity index (χ3v) is 8.90. The van der Waals surface area contributed by atoms with Crippen LogP contribution in [0.2, 0.25) is 0 Å². The number of hydrogen-bond donors (Lipinski definition) is 0. The van der Waals surface area contributed by atoms with Crippen molar-refractivity contribution in [2.75, 3.05) is 27.2 Å². The van der Waals surface area contributed by atoms with E-state index in [4.69, 9.17) is 9.72 Å². The second kappa shape index (κ2) is 11.0. The number of para-hydroxylation sites is 3. The summed E-state index contributed by atoms with van der Waals surface area (Å²) in [6.45, 7) is 2.51. The fourth-order valence-corrected chi connectivity index (χ4v) is 5.75. The van der Waals surface area contributed by atoms with Gasteiger partial charge in [-0.1, -0.05) is 30.3 Å². The number of sulfonamides is 1. The molecule has 0 aliphatic carbocycles. The standard InChI is InChI=1S/C29H32N4O4S/c1-31(2)38(35,36)25-14-12-23(13-15-25)29(34)32-18-16-22(17-19-32)20-33-27-11-7-6-10-26(27)30-28(33)21-37-24-8-4-3-5-9-24/h3-15,22H,16-21H2,1-2H3. The number of rotatable bonds is 8. The zero-order valence-electron chi connectivity index (χ0n) is 21.7. The highest BCUT2D eigenvalue weighted by Gasteiger charge is 2.26. The molecule has 1 saturated heterocycles. The van der Waals surface area contributed by atoms with Gasteiger partial charge < -0.3 is 14.2 Å². The van der Waals surface area contributed by atoms with Crippen molar-refractivity contribution in [1.29, 1.82) is 0 Å². The van der Waals surface area contributed by atoms with Gasteiger partial charge in [-0.25, -0.2) is 17.7 Å². The van der Waals surface area contributed by atoms with E-state index < -0.39 is 10.0 Å². The van der Waals surface area contributed by atoms with Crippen LogP contribution in [0.25, 0.3) is 11.0 Å². The molecule has 198 valence electrons. The molecule has 2 heterocycles. The quantitative estimate of drug-likeness (QED) is 0.336.